The van der Waals surface area contributed by atoms with Gasteiger partial charge in [0.2, 0.25) is 0 Å². The van der Waals surface area contributed by atoms with Gasteiger partial charge in [-0.1, -0.05) is 12.1 Å². The Hall–Kier alpha value is -1.14. The minimum atomic E-state index is -1.03. The Kier molecular flexibility index (Phi) is 4.45. The number of piperidine rings is 1. The van der Waals surface area contributed by atoms with Gasteiger partial charge in [0.05, 0.1) is 12.2 Å². The van der Waals surface area contributed by atoms with E-state index in [-0.39, 0.29) is 0 Å². The monoisotopic (exact) mass is 292 g/mol. The Morgan fingerprint density at radius 3 is 2.05 bits per heavy atom. The van der Waals surface area contributed by atoms with Gasteiger partial charge in [-0.15, -0.1) is 0 Å². The van der Waals surface area contributed by atoms with Crippen LogP contribution in [0.15, 0.2) is 24.3 Å². The summed E-state index contributed by atoms with van der Waals surface area (Å²) < 4.78 is 0. The highest BCUT2D eigenvalue weighted by Gasteiger charge is 2.33. The van der Waals surface area contributed by atoms with Crippen molar-refractivity contribution in [1.82, 2.24) is 4.90 Å². The Labute approximate surface area is 125 Å². The van der Waals surface area contributed by atoms with E-state index >= 15 is 0 Å². The average molecular weight is 292 g/mol. The van der Waals surface area contributed by atoms with E-state index in [1.807, 2.05) is 4.90 Å². The zero-order valence-corrected chi connectivity index (χ0v) is 12.2. The van der Waals surface area contributed by atoms with E-state index in [0.717, 1.165) is 18.7 Å². The maximum absolute atomic E-state index is 9.73. The summed E-state index contributed by atoms with van der Waals surface area (Å²) in [5, 5.41) is 29.0. The quantitative estimate of drug-likeness (QED) is 0.742. The molecule has 1 aromatic rings. The third-order valence-electron chi connectivity index (χ3n) is 4.49. The largest absolute Gasteiger partial charge is 0.389 e. The molecule has 3 atom stereocenters. The van der Waals surface area contributed by atoms with Crippen LogP contribution in [0.5, 0.6) is 0 Å². The predicted octanol–water partition coefficient (Wildman–Crippen LogP) is 0.185. The molecule has 5 nitrogen and oxygen atoms in total. The molecule has 2 saturated heterocycles. The number of hydrogen-bond donors (Lipinski definition) is 3. The van der Waals surface area contributed by atoms with Crippen LogP contribution in [0.1, 0.15) is 18.4 Å². The number of rotatable bonds is 3. The first kappa shape index (κ1) is 14.8. The van der Waals surface area contributed by atoms with Crippen LogP contribution in [0, 0.1) is 0 Å². The number of benzene rings is 1. The number of aliphatic hydroxyl groups is 3. The second kappa shape index (κ2) is 6.32. The Balaban J connectivity index is 1.60. The smallest absolute Gasteiger partial charge is 0.108 e. The maximum Gasteiger partial charge on any atom is 0.108 e. The number of anilines is 1. The second-order valence-electron chi connectivity index (χ2n) is 6.18. The molecular formula is C16H24N2O3. The first-order valence-electron chi connectivity index (χ1n) is 7.74. The minimum Gasteiger partial charge on any atom is -0.389 e. The second-order valence-corrected chi connectivity index (χ2v) is 6.18. The minimum absolute atomic E-state index is 0.395. The third-order valence-corrected chi connectivity index (χ3v) is 4.49. The zero-order valence-electron chi connectivity index (χ0n) is 12.2. The van der Waals surface area contributed by atoms with Crippen molar-refractivity contribution in [1.29, 1.82) is 0 Å². The van der Waals surface area contributed by atoms with Gasteiger partial charge in [-0.05, 0) is 30.5 Å². The van der Waals surface area contributed by atoms with Gasteiger partial charge < -0.3 is 20.2 Å². The highest BCUT2D eigenvalue weighted by molar-refractivity contribution is 5.48. The molecule has 0 radical (unpaired) electrons. The van der Waals surface area contributed by atoms with Crippen LogP contribution in [0.2, 0.25) is 0 Å². The molecular weight excluding hydrogens is 268 g/mol. The van der Waals surface area contributed by atoms with Gasteiger partial charge in [-0.25, -0.2) is 0 Å². The van der Waals surface area contributed by atoms with E-state index in [2.05, 4.69) is 29.2 Å². The molecule has 3 rings (SSSR count). The molecule has 0 spiro atoms. The summed E-state index contributed by atoms with van der Waals surface area (Å²) in [6.07, 6.45) is -0.240. The van der Waals surface area contributed by atoms with Crippen LogP contribution in [0.25, 0.3) is 0 Å². The number of likely N-dealkylation sites (tertiary alicyclic amines) is 1. The first-order valence-corrected chi connectivity index (χ1v) is 7.74. The van der Waals surface area contributed by atoms with Gasteiger partial charge in [-0.2, -0.15) is 0 Å². The number of aliphatic hydroxyl groups excluding tert-OH is 3. The van der Waals surface area contributed by atoms with Crippen LogP contribution in [-0.4, -0.2) is 64.7 Å². The van der Waals surface area contributed by atoms with Crippen LogP contribution < -0.4 is 4.90 Å². The molecule has 0 aromatic heterocycles. The topological polar surface area (TPSA) is 67.2 Å². The Bertz CT molecular complexity index is 447. The van der Waals surface area contributed by atoms with Crippen molar-refractivity contribution in [2.24, 2.45) is 0 Å². The fourth-order valence-corrected chi connectivity index (χ4v) is 3.25. The highest BCUT2D eigenvalue weighted by Crippen LogP contribution is 2.21. The molecule has 21 heavy (non-hydrogen) atoms. The molecule has 2 heterocycles. The van der Waals surface area contributed by atoms with E-state index in [1.165, 1.54) is 18.5 Å². The Morgan fingerprint density at radius 1 is 0.905 bits per heavy atom. The van der Waals surface area contributed by atoms with Gasteiger partial charge in [0.15, 0.2) is 0 Å². The molecule has 1 aromatic carbocycles. The summed E-state index contributed by atoms with van der Waals surface area (Å²) >= 11 is 0. The summed E-state index contributed by atoms with van der Waals surface area (Å²) in [6, 6.07) is 8.51. The third kappa shape index (κ3) is 3.37. The molecule has 0 bridgehead atoms. The zero-order chi connectivity index (χ0) is 14.8. The van der Waals surface area contributed by atoms with Crippen molar-refractivity contribution >= 4 is 5.69 Å². The van der Waals surface area contributed by atoms with Gasteiger partial charge in [0.25, 0.3) is 0 Å². The molecule has 2 fully saturated rings. The lowest BCUT2D eigenvalue weighted by molar-refractivity contribution is -0.111. The number of hydrogen-bond acceptors (Lipinski definition) is 5. The van der Waals surface area contributed by atoms with Gasteiger partial charge >= 0.3 is 0 Å². The van der Waals surface area contributed by atoms with Gasteiger partial charge in [0, 0.05) is 38.4 Å². The molecule has 2 aliphatic rings. The lowest BCUT2D eigenvalue weighted by Crippen LogP contribution is -2.54. The first-order chi connectivity index (χ1) is 10.1. The fraction of sp³-hybridized carbons (Fsp3) is 0.625. The van der Waals surface area contributed by atoms with Crippen molar-refractivity contribution in [3.8, 4) is 0 Å². The number of nitrogens with zero attached hydrogens (tertiary/aromatic N) is 2. The van der Waals surface area contributed by atoms with Crippen LogP contribution in [0.3, 0.4) is 0 Å². The molecule has 0 aliphatic carbocycles. The van der Waals surface area contributed by atoms with Crippen LogP contribution >= 0.6 is 0 Å². The molecule has 0 saturated carbocycles. The molecule has 0 amide bonds. The summed E-state index contributed by atoms with van der Waals surface area (Å²) in [7, 11) is 0. The van der Waals surface area contributed by atoms with Crippen LogP contribution in [-0.2, 0) is 6.54 Å². The molecule has 3 N–H and O–H groups in total. The molecule has 5 heteroatoms. The van der Waals surface area contributed by atoms with E-state index in [9.17, 15) is 15.3 Å². The van der Waals surface area contributed by atoms with E-state index in [4.69, 9.17) is 0 Å². The summed E-state index contributed by atoms with van der Waals surface area (Å²) in [5.74, 6) is 0. The molecule has 116 valence electrons. The van der Waals surface area contributed by atoms with E-state index < -0.39 is 18.3 Å². The normalized spacial score (nSPS) is 30.8. The summed E-state index contributed by atoms with van der Waals surface area (Å²) in [6.45, 7) is 3.75. The van der Waals surface area contributed by atoms with Crippen molar-refractivity contribution in [3.63, 3.8) is 0 Å². The van der Waals surface area contributed by atoms with E-state index in [0.29, 0.717) is 19.6 Å². The summed E-state index contributed by atoms with van der Waals surface area (Å²) in [5.41, 5.74) is 2.43. The predicted molar refractivity (Wildman–Crippen MR) is 81.2 cm³/mol. The highest BCUT2D eigenvalue weighted by atomic mass is 16.4. The standard InChI is InChI=1S/C16H24N2O3/c19-14-10-17(11-15(20)16(14)21)9-12-3-5-13(6-4-12)18-7-1-2-8-18/h3-6,14-16,19-21H,1-2,7-11H2/t14-,15+,16+. The van der Waals surface area contributed by atoms with Crippen molar-refractivity contribution in [2.45, 2.75) is 37.7 Å². The molecule has 2 aliphatic heterocycles. The fourth-order valence-electron chi connectivity index (χ4n) is 3.25. The van der Waals surface area contributed by atoms with Gasteiger partial charge in [-0.3, -0.25) is 4.90 Å². The SMILES string of the molecule is O[C@H]1[C@H](O)CN(Cc2ccc(N3CCCC3)cc2)C[C@@H]1O. The van der Waals surface area contributed by atoms with Crippen molar-refractivity contribution in [2.75, 3.05) is 31.1 Å². The van der Waals surface area contributed by atoms with Crippen LogP contribution in [0.4, 0.5) is 5.69 Å². The molecule has 0 unspecified atom stereocenters. The lowest BCUT2D eigenvalue weighted by atomic mass is 10.0. The summed E-state index contributed by atoms with van der Waals surface area (Å²) in [4.78, 5) is 4.38. The lowest BCUT2D eigenvalue weighted by Gasteiger charge is -2.36. The van der Waals surface area contributed by atoms with Gasteiger partial charge in [0.1, 0.15) is 6.10 Å². The van der Waals surface area contributed by atoms with E-state index in [1.54, 1.807) is 0 Å². The number of β-amino-alcohol motifs (C(OH)–C–C–N with tert-alkyl or cyclic N) is 2. The Morgan fingerprint density at radius 2 is 1.48 bits per heavy atom. The van der Waals surface area contributed by atoms with Crippen molar-refractivity contribution in [3.05, 3.63) is 29.8 Å². The average Bonchev–Trinajstić information content (AvgIpc) is 3.00. The van der Waals surface area contributed by atoms with Crippen molar-refractivity contribution < 1.29 is 15.3 Å². The maximum atomic E-state index is 9.73.